The van der Waals surface area contributed by atoms with Crippen LogP contribution in [0.5, 0.6) is 0 Å². The quantitative estimate of drug-likeness (QED) is 0.159. The Kier molecular flexibility index (Phi) is 7.91. The molecule has 0 saturated carbocycles. The van der Waals surface area contributed by atoms with Crippen molar-refractivity contribution in [1.29, 1.82) is 0 Å². The van der Waals surface area contributed by atoms with Gasteiger partial charge in [-0.15, -0.1) is 0 Å². The number of hydrogen-bond acceptors (Lipinski definition) is 0. The maximum absolute atomic E-state index is 2.47. The van der Waals surface area contributed by atoms with Gasteiger partial charge in [0.15, 0.2) is 0 Å². The second kappa shape index (κ2) is 14.1. The van der Waals surface area contributed by atoms with Crippen LogP contribution in [0.3, 0.4) is 0 Å². The third-order valence-electron chi connectivity index (χ3n) is 13.0. The van der Waals surface area contributed by atoms with Gasteiger partial charge >= 0.3 is 0 Å². The molecule has 3 heterocycles. The highest BCUT2D eigenvalue weighted by atomic mass is 15.0. The van der Waals surface area contributed by atoms with E-state index in [4.69, 9.17) is 0 Å². The molecule has 0 fully saturated rings. The third kappa shape index (κ3) is 5.60. The van der Waals surface area contributed by atoms with E-state index in [-0.39, 0.29) is 0 Å². The topological polar surface area (TPSA) is 14.8 Å². The van der Waals surface area contributed by atoms with Crippen molar-refractivity contribution in [3.63, 3.8) is 0 Å². The first-order valence-electron chi connectivity index (χ1n) is 21.7. The van der Waals surface area contributed by atoms with Gasteiger partial charge in [0.2, 0.25) is 0 Å². The smallest absolute Gasteiger partial charge is 0.0547 e. The summed E-state index contributed by atoms with van der Waals surface area (Å²) in [5, 5.41) is 7.42. The van der Waals surface area contributed by atoms with Crippen LogP contribution in [0.15, 0.2) is 237 Å². The summed E-state index contributed by atoms with van der Waals surface area (Å²) >= 11 is 0. The molecule has 0 radical (unpaired) electrons. The van der Waals surface area contributed by atoms with Crippen molar-refractivity contribution in [2.24, 2.45) is 0 Å². The summed E-state index contributed by atoms with van der Waals surface area (Å²) in [5.74, 6) is 0. The fraction of sp³-hybridized carbons (Fsp3) is 0. The first-order chi connectivity index (χ1) is 31.2. The second-order valence-corrected chi connectivity index (χ2v) is 16.6. The van der Waals surface area contributed by atoms with E-state index >= 15 is 0 Å². The van der Waals surface area contributed by atoms with Crippen LogP contribution in [0.1, 0.15) is 0 Å². The van der Waals surface area contributed by atoms with Crippen molar-refractivity contribution in [3.05, 3.63) is 237 Å². The van der Waals surface area contributed by atoms with E-state index in [0.717, 1.165) is 17.1 Å². The van der Waals surface area contributed by atoms with Crippen LogP contribution < -0.4 is 0 Å². The maximum atomic E-state index is 2.47. The summed E-state index contributed by atoms with van der Waals surface area (Å²) in [4.78, 5) is 0. The molecule has 0 amide bonds. The fourth-order valence-electron chi connectivity index (χ4n) is 10.1. The maximum Gasteiger partial charge on any atom is 0.0547 e. The number of para-hydroxylation sites is 3. The Bertz CT molecular complexity index is 3870. The lowest BCUT2D eigenvalue weighted by Crippen LogP contribution is -1.96. The summed E-state index contributed by atoms with van der Waals surface area (Å²) in [6.45, 7) is 0. The highest BCUT2D eigenvalue weighted by Crippen LogP contribution is 2.41. The van der Waals surface area contributed by atoms with Crippen LogP contribution in [0.25, 0.3) is 116 Å². The number of aromatic nitrogens is 3. The molecular weight excluding hydrogens is 763 g/mol. The first-order valence-corrected chi connectivity index (χ1v) is 21.7. The average Bonchev–Trinajstić information content (AvgIpc) is 3.99. The van der Waals surface area contributed by atoms with Crippen molar-refractivity contribution < 1.29 is 0 Å². The summed E-state index contributed by atoms with van der Waals surface area (Å²) in [6.07, 6.45) is 0. The number of fused-ring (bicyclic) bond motifs is 9. The lowest BCUT2D eigenvalue weighted by Gasteiger charge is -2.12. The minimum absolute atomic E-state index is 1.14. The molecule has 0 spiro atoms. The van der Waals surface area contributed by atoms with Crippen LogP contribution in [0, 0.1) is 0 Å². The Balaban J connectivity index is 1.04. The lowest BCUT2D eigenvalue weighted by molar-refractivity contribution is 1.17. The number of nitrogens with zero attached hydrogens (tertiary/aromatic N) is 3. The summed E-state index contributed by atoms with van der Waals surface area (Å²) in [7, 11) is 0. The molecule has 294 valence electrons. The van der Waals surface area contributed by atoms with Gasteiger partial charge in [0.05, 0.1) is 33.1 Å². The first kappa shape index (κ1) is 35.4. The molecule has 0 unspecified atom stereocenters. The lowest BCUT2D eigenvalue weighted by atomic mass is 9.99. The fourth-order valence-corrected chi connectivity index (χ4v) is 10.1. The molecule has 0 aliphatic heterocycles. The van der Waals surface area contributed by atoms with E-state index in [1.54, 1.807) is 0 Å². The Morgan fingerprint density at radius 2 is 0.524 bits per heavy atom. The second-order valence-electron chi connectivity index (χ2n) is 16.6. The minimum atomic E-state index is 1.14. The van der Waals surface area contributed by atoms with E-state index in [1.807, 2.05) is 0 Å². The van der Waals surface area contributed by atoms with Crippen molar-refractivity contribution in [2.45, 2.75) is 0 Å². The van der Waals surface area contributed by atoms with Crippen LogP contribution in [-0.2, 0) is 0 Å². The zero-order chi connectivity index (χ0) is 41.4. The molecular formula is C60H39N3. The van der Waals surface area contributed by atoms with Gasteiger partial charge in [-0.3, -0.25) is 0 Å². The van der Waals surface area contributed by atoms with Gasteiger partial charge in [-0.25, -0.2) is 0 Å². The van der Waals surface area contributed by atoms with Gasteiger partial charge in [-0.1, -0.05) is 152 Å². The van der Waals surface area contributed by atoms with Gasteiger partial charge < -0.3 is 13.7 Å². The molecule has 63 heavy (non-hydrogen) atoms. The zero-order valence-electron chi connectivity index (χ0n) is 34.4. The van der Waals surface area contributed by atoms with Gasteiger partial charge in [0.1, 0.15) is 0 Å². The average molecular weight is 802 g/mol. The molecule has 0 aliphatic carbocycles. The molecule has 3 aromatic heterocycles. The Labute approximate surface area is 364 Å². The van der Waals surface area contributed by atoms with Gasteiger partial charge in [-0.05, 0) is 118 Å². The summed E-state index contributed by atoms with van der Waals surface area (Å²) in [5.41, 5.74) is 17.8. The highest BCUT2D eigenvalue weighted by molar-refractivity contribution is 6.15. The molecule has 3 nitrogen and oxygen atoms in total. The van der Waals surface area contributed by atoms with E-state index in [2.05, 4.69) is 250 Å². The molecule has 0 bridgehead atoms. The SMILES string of the molecule is c1ccc(-c2ccc3c(c2)c2ccc(-c4ccc5c6cc(-c7ccccc7)ccc6n(-c6ccc7c(c6)c6ccccc6n7-c6ccccc6)c5c4)cc2n3-c2ccccc2)cc1. The van der Waals surface area contributed by atoms with Crippen LogP contribution in [0.2, 0.25) is 0 Å². The van der Waals surface area contributed by atoms with E-state index < -0.39 is 0 Å². The number of benzene rings is 10. The van der Waals surface area contributed by atoms with Crippen molar-refractivity contribution in [1.82, 2.24) is 13.7 Å². The molecule has 0 aliphatic rings. The molecule has 0 saturated heterocycles. The largest absolute Gasteiger partial charge is 0.309 e. The summed E-state index contributed by atoms with van der Waals surface area (Å²) < 4.78 is 7.28. The zero-order valence-corrected chi connectivity index (χ0v) is 34.4. The van der Waals surface area contributed by atoms with E-state index in [0.29, 0.717) is 0 Å². The molecule has 13 rings (SSSR count). The van der Waals surface area contributed by atoms with Crippen molar-refractivity contribution in [2.75, 3.05) is 0 Å². The van der Waals surface area contributed by atoms with E-state index in [1.165, 1.54) is 98.8 Å². The molecule has 13 aromatic rings. The number of hydrogen-bond donors (Lipinski definition) is 0. The normalized spacial score (nSPS) is 11.8. The van der Waals surface area contributed by atoms with Gasteiger partial charge in [0.25, 0.3) is 0 Å². The minimum Gasteiger partial charge on any atom is -0.309 e. The highest BCUT2D eigenvalue weighted by Gasteiger charge is 2.19. The molecule has 3 heteroatoms. The van der Waals surface area contributed by atoms with Crippen LogP contribution in [-0.4, -0.2) is 13.7 Å². The number of rotatable bonds is 6. The molecule has 0 atom stereocenters. The van der Waals surface area contributed by atoms with Gasteiger partial charge in [-0.2, -0.15) is 0 Å². The predicted molar refractivity (Wildman–Crippen MR) is 266 cm³/mol. The van der Waals surface area contributed by atoms with Crippen molar-refractivity contribution in [3.8, 4) is 50.4 Å². The Morgan fingerprint density at radius 3 is 1.05 bits per heavy atom. The predicted octanol–water partition coefficient (Wildman–Crippen LogP) is 16.0. The van der Waals surface area contributed by atoms with Crippen molar-refractivity contribution >= 4 is 65.4 Å². The van der Waals surface area contributed by atoms with Crippen LogP contribution in [0.4, 0.5) is 0 Å². The Hall–Kier alpha value is -8.40. The monoisotopic (exact) mass is 801 g/mol. The Morgan fingerprint density at radius 1 is 0.175 bits per heavy atom. The van der Waals surface area contributed by atoms with Gasteiger partial charge in [0, 0.05) is 49.4 Å². The van der Waals surface area contributed by atoms with Crippen LogP contribution >= 0.6 is 0 Å². The molecule has 10 aromatic carbocycles. The molecule has 0 N–H and O–H groups in total. The van der Waals surface area contributed by atoms with E-state index in [9.17, 15) is 0 Å². The standard InChI is InChI=1S/C60H39N3/c1-5-15-40(16-6-1)42-27-32-56-52(35-42)50-30-25-44(37-59(50)62(56)47-21-11-4-12-22-47)45-26-31-51-53-36-43(41-17-7-2-8-18-41)28-33-57(53)63(60(51)38-45)48-29-34-58-54(39-48)49-23-13-14-24-55(49)61(58)46-19-9-3-10-20-46/h1-39H. The third-order valence-corrected chi connectivity index (χ3v) is 13.0. The summed E-state index contributed by atoms with van der Waals surface area (Å²) in [6, 6.07) is 86.5.